The van der Waals surface area contributed by atoms with Gasteiger partial charge >= 0.3 is 0 Å². The molecule has 2 rings (SSSR count). The second-order valence-electron chi connectivity index (χ2n) is 5.01. The van der Waals surface area contributed by atoms with E-state index in [2.05, 4.69) is 10.6 Å². The molecule has 0 saturated heterocycles. The molecule has 0 aliphatic heterocycles. The van der Waals surface area contributed by atoms with E-state index < -0.39 is 0 Å². The zero-order valence-electron chi connectivity index (χ0n) is 13.9. The Hall–Kier alpha value is -3.02. The number of nitrogens with one attached hydrogen (secondary N) is 2. The molecule has 0 unspecified atom stereocenters. The van der Waals surface area contributed by atoms with Crippen LogP contribution in [0.15, 0.2) is 42.5 Å². The molecule has 0 saturated carbocycles. The number of hydrogen-bond donors (Lipinski definition) is 2. The maximum Gasteiger partial charge on any atom is 0.255 e. The monoisotopic (exact) mass is 328 g/mol. The molecule has 126 valence electrons. The van der Waals surface area contributed by atoms with Gasteiger partial charge < -0.3 is 20.1 Å². The topological polar surface area (TPSA) is 76.7 Å². The van der Waals surface area contributed by atoms with Gasteiger partial charge in [-0.1, -0.05) is 0 Å². The fraction of sp³-hybridized carbons (Fsp3) is 0.222. The summed E-state index contributed by atoms with van der Waals surface area (Å²) in [6.45, 7) is 3.84. The minimum absolute atomic E-state index is 0.145. The number of amides is 2. The summed E-state index contributed by atoms with van der Waals surface area (Å²) in [7, 11) is 1.53. The van der Waals surface area contributed by atoms with Gasteiger partial charge in [-0.05, 0) is 49.4 Å². The standard InChI is InChI=1S/C18H20N2O4/c1-4-24-16-10-5-13(11-17(16)23-3)18(22)20-15-8-6-14(7-9-15)19-12(2)21/h5-11H,4H2,1-3H3,(H,19,21)(H,20,22). The molecule has 2 amide bonds. The number of methoxy groups -OCH3 is 1. The molecule has 2 N–H and O–H groups in total. The average Bonchev–Trinajstić information content (AvgIpc) is 2.56. The van der Waals surface area contributed by atoms with E-state index in [1.54, 1.807) is 42.5 Å². The van der Waals surface area contributed by atoms with Crippen molar-refractivity contribution < 1.29 is 19.1 Å². The van der Waals surface area contributed by atoms with E-state index in [1.807, 2.05) is 6.92 Å². The van der Waals surface area contributed by atoms with Crippen molar-refractivity contribution in [3.8, 4) is 11.5 Å². The first-order valence-corrected chi connectivity index (χ1v) is 7.53. The molecule has 2 aromatic rings. The van der Waals surface area contributed by atoms with Crippen molar-refractivity contribution in [2.45, 2.75) is 13.8 Å². The van der Waals surface area contributed by atoms with Crippen molar-refractivity contribution in [2.24, 2.45) is 0 Å². The minimum Gasteiger partial charge on any atom is -0.493 e. The van der Waals surface area contributed by atoms with Crippen molar-refractivity contribution in [2.75, 3.05) is 24.4 Å². The van der Waals surface area contributed by atoms with E-state index in [1.165, 1.54) is 14.0 Å². The van der Waals surface area contributed by atoms with E-state index in [0.717, 1.165) is 0 Å². The number of ether oxygens (including phenoxy) is 2. The Morgan fingerprint density at radius 1 is 0.958 bits per heavy atom. The normalized spacial score (nSPS) is 9.96. The lowest BCUT2D eigenvalue weighted by atomic mass is 10.1. The number of carbonyl (C=O) groups excluding carboxylic acids is 2. The third-order valence-electron chi connectivity index (χ3n) is 3.19. The number of anilines is 2. The Morgan fingerprint density at radius 3 is 2.12 bits per heavy atom. The zero-order chi connectivity index (χ0) is 17.5. The van der Waals surface area contributed by atoms with Gasteiger partial charge in [-0.25, -0.2) is 0 Å². The van der Waals surface area contributed by atoms with Crippen LogP contribution in [0.5, 0.6) is 11.5 Å². The predicted octanol–water partition coefficient (Wildman–Crippen LogP) is 3.30. The van der Waals surface area contributed by atoms with Crippen LogP contribution in [0, 0.1) is 0 Å². The van der Waals surface area contributed by atoms with Gasteiger partial charge in [0.25, 0.3) is 5.91 Å². The third kappa shape index (κ3) is 4.49. The minimum atomic E-state index is -0.261. The number of carbonyl (C=O) groups is 2. The first kappa shape index (κ1) is 17.3. The van der Waals surface area contributed by atoms with Crippen molar-refractivity contribution in [3.05, 3.63) is 48.0 Å². The third-order valence-corrected chi connectivity index (χ3v) is 3.19. The van der Waals surface area contributed by atoms with Crippen LogP contribution in [0.2, 0.25) is 0 Å². The van der Waals surface area contributed by atoms with Crippen LogP contribution in [0.3, 0.4) is 0 Å². The molecule has 6 heteroatoms. The highest BCUT2D eigenvalue weighted by Gasteiger charge is 2.11. The zero-order valence-corrected chi connectivity index (χ0v) is 13.9. The molecule has 0 aromatic heterocycles. The lowest BCUT2D eigenvalue weighted by Crippen LogP contribution is -2.12. The van der Waals surface area contributed by atoms with E-state index in [0.29, 0.717) is 35.0 Å². The van der Waals surface area contributed by atoms with E-state index in [4.69, 9.17) is 9.47 Å². The summed E-state index contributed by atoms with van der Waals surface area (Å²) in [5.74, 6) is 0.693. The summed E-state index contributed by atoms with van der Waals surface area (Å²) in [6.07, 6.45) is 0. The molecule has 24 heavy (non-hydrogen) atoms. The highest BCUT2D eigenvalue weighted by atomic mass is 16.5. The molecule has 0 aliphatic carbocycles. The van der Waals surface area contributed by atoms with Crippen LogP contribution >= 0.6 is 0 Å². The largest absolute Gasteiger partial charge is 0.493 e. The van der Waals surface area contributed by atoms with Crippen LogP contribution in [0.25, 0.3) is 0 Å². The van der Waals surface area contributed by atoms with Gasteiger partial charge in [-0.3, -0.25) is 9.59 Å². The van der Waals surface area contributed by atoms with Crippen LogP contribution in [-0.4, -0.2) is 25.5 Å². The van der Waals surface area contributed by atoms with Crippen LogP contribution < -0.4 is 20.1 Å². The van der Waals surface area contributed by atoms with Gasteiger partial charge in [0.2, 0.25) is 5.91 Å². The van der Waals surface area contributed by atoms with Gasteiger partial charge in [0.05, 0.1) is 13.7 Å². The SMILES string of the molecule is CCOc1ccc(C(=O)Nc2ccc(NC(C)=O)cc2)cc1OC. The Balaban J connectivity index is 2.10. The van der Waals surface area contributed by atoms with E-state index in [9.17, 15) is 9.59 Å². The Morgan fingerprint density at radius 2 is 1.58 bits per heavy atom. The maximum absolute atomic E-state index is 12.3. The second kappa shape index (κ2) is 8.01. The molecular formula is C18H20N2O4. The molecule has 0 heterocycles. The summed E-state index contributed by atoms with van der Waals surface area (Å²) in [5.41, 5.74) is 1.76. The van der Waals surface area contributed by atoms with E-state index in [-0.39, 0.29) is 11.8 Å². The quantitative estimate of drug-likeness (QED) is 0.853. The lowest BCUT2D eigenvalue weighted by Gasteiger charge is -2.11. The highest BCUT2D eigenvalue weighted by molar-refractivity contribution is 6.04. The van der Waals surface area contributed by atoms with Gasteiger partial charge in [0, 0.05) is 23.9 Å². The first-order chi connectivity index (χ1) is 11.5. The van der Waals surface area contributed by atoms with Gasteiger partial charge in [-0.2, -0.15) is 0 Å². The molecule has 0 atom stereocenters. The second-order valence-corrected chi connectivity index (χ2v) is 5.01. The molecule has 0 bridgehead atoms. The van der Waals surface area contributed by atoms with Gasteiger partial charge in [-0.15, -0.1) is 0 Å². The van der Waals surface area contributed by atoms with Crippen LogP contribution in [0.1, 0.15) is 24.2 Å². The fourth-order valence-corrected chi connectivity index (χ4v) is 2.13. The lowest BCUT2D eigenvalue weighted by molar-refractivity contribution is -0.114. The number of benzene rings is 2. The molecule has 0 fully saturated rings. The van der Waals surface area contributed by atoms with Crippen molar-refractivity contribution in [3.63, 3.8) is 0 Å². The summed E-state index contributed by atoms with van der Waals surface area (Å²) >= 11 is 0. The number of rotatable bonds is 6. The molecule has 2 aromatic carbocycles. The van der Waals surface area contributed by atoms with E-state index >= 15 is 0 Å². The molecule has 6 nitrogen and oxygen atoms in total. The van der Waals surface area contributed by atoms with Gasteiger partial charge in [0.1, 0.15) is 0 Å². The first-order valence-electron chi connectivity index (χ1n) is 7.53. The Kier molecular flexibility index (Phi) is 5.78. The fourth-order valence-electron chi connectivity index (χ4n) is 2.13. The van der Waals surface area contributed by atoms with Crippen LogP contribution in [0.4, 0.5) is 11.4 Å². The predicted molar refractivity (Wildman–Crippen MR) is 92.9 cm³/mol. The van der Waals surface area contributed by atoms with Crippen LogP contribution in [-0.2, 0) is 4.79 Å². The van der Waals surface area contributed by atoms with Crippen molar-refractivity contribution >= 4 is 23.2 Å². The summed E-state index contributed by atoms with van der Waals surface area (Å²) in [6, 6.07) is 11.9. The summed E-state index contributed by atoms with van der Waals surface area (Å²) in [4.78, 5) is 23.3. The van der Waals surface area contributed by atoms with Crippen molar-refractivity contribution in [1.29, 1.82) is 0 Å². The number of hydrogen-bond acceptors (Lipinski definition) is 4. The van der Waals surface area contributed by atoms with Crippen molar-refractivity contribution in [1.82, 2.24) is 0 Å². The molecule has 0 radical (unpaired) electrons. The van der Waals surface area contributed by atoms with Gasteiger partial charge in [0.15, 0.2) is 11.5 Å². The summed E-state index contributed by atoms with van der Waals surface area (Å²) in [5, 5.41) is 5.46. The summed E-state index contributed by atoms with van der Waals surface area (Å²) < 4.78 is 10.7. The average molecular weight is 328 g/mol. The Bertz CT molecular complexity index is 726. The molecule has 0 spiro atoms. The highest BCUT2D eigenvalue weighted by Crippen LogP contribution is 2.28. The molecule has 0 aliphatic rings. The maximum atomic E-state index is 12.3. The smallest absolute Gasteiger partial charge is 0.255 e. The Labute approximate surface area is 140 Å². The molecular weight excluding hydrogens is 308 g/mol.